The molecule has 1 aliphatic rings. The van der Waals surface area contributed by atoms with Gasteiger partial charge in [0.2, 0.25) is 0 Å². The van der Waals surface area contributed by atoms with Crippen LogP contribution in [-0.4, -0.2) is 51.9 Å². The van der Waals surface area contributed by atoms with Crippen molar-refractivity contribution in [3.05, 3.63) is 35.9 Å². The summed E-state index contributed by atoms with van der Waals surface area (Å²) in [6.45, 7) is 0.402. The van der Waals surface area contributed by atoms with Gasteiger partial charge in [0.15, 0.2) is 12.4 Å². The molecule has 2 rings (SSSR count). The lowest BCUT2D eigenvalue weighted by Gasteiger charge is -2.19. The van der Waals surface area contributed by atoms with E-state index in [0.29, 0.717) is 13.0 Å². The summed E-state index contributed by atoms with van der Waals surface area (Å²) in [6, 6.07) is 9.75. The average molecular weight is 310 g/mol. The fourth-order valence-corrected chi connectivity index (χ4v) is 2.52. The Labute approximate surface area is 130 Å². The van der Waals surface area contributed by atoms with E-state index in [1.54, 1.807) is 0 Å². The largest absolute Gasteiger partial charge is 0.467 e. The molecule has 1 heterocycles. The van der Waals surface area contributed by atoms with Gasteiger partial charge >= 0.3 is 5.97 Å². The van der Waals surface area contributed by atoms with Crippen molar-refractivity contribution in [3.63, 3.8) is 0 Å². The number of carbonyl (C=O) groups is 1. The van der Waals surface area contributed by atoms with E-state index in [0.717, 1.165) is 5.56 Å². The van der Waals surface area contributed by atoms with Crippen molar-refractivity contribution in [3.8, 4) is 0 Å². The highest BCUT2D eigenvalue weighted by molar-refractivity contribution is 5.75. The van der Waals surface area contributed by atoms with Gasteiger partial charge in [0.1, 0.15) is 6.10 Å². The molecular weight excluding hydrogens is 288 g/mol. The van der Waals surface area contributed by atoms with Crippen LogP contribution < -0.4 is 0 Å². The first-order valence-corrected chi connectivity index (χ1v) is 7.14. The van der Waals surface area contributed by atoms with Crippen molar-refractivity contribution in [2.24, 2.45) is 0 Å². The smallest absolute Gasteiger partial charge is 0.337 e. The fourth-order valence-electron chi connectivity index (χ4n) is 2.52. The number of benzene rings is 1. The van der Waals surface area contributed by atoms with E-state index in [1.807, 2.05) is 30.3 Å². The predicted octanol–water partition coefficient (Wildman–Crippen LogP) is 1.52. The summed E-state index contributed by atoms with van der Waals surface area (Å²) in [5.74, 6) is -0.452. The third kappa shape index (κ3) is 4.04. The fraction of sp³-hybridized carbons (Fsp3) is 0.562. The SMILES string of the molecule is COC(=O)[C@@H]1O[C@H](C(OC)OC)C[C@@H]1OCc1ccccc1. The zero-order valence-electron chi connectivity index (χ0n) is 13.1. The van der Waals surface area contributed by atoms with E-state index < -0.39 is 24.5 Å². The lowest BCUT2D eigenvalue weighted by atomic mass is 10.1. The standard InChI is InChI=1S/C16H22O6/c1-18-15(17)14-12(9-13(22-14)16(19-2)20-3)21-10-11-7-5-4-6-8-11/h4-8,12-14,16H,9-10H2,1-3H3/t12-,13-,14+/m0/s1. The van der Waals surface area contributed by atoms with Crippen LogP contribution in [0.15, 0.2) is 30.3 Å². The minimum absolute atomic E-state index is 0.375. The molecule has 0 radical (unpaired) electrons. The monoisotopic (exact) mass is 310 g/mol. The normalized spacial score (nSPS) is 24.6. The van der Waals surface area contributed by atoms with Crippen molar-refractivity contribution < 1.29 is 28.5 Å². The van der Waals surface area contributed by atoms with Crippen molar-refractivity contribution in [1.82, 2.24) is 0 Å². The van der Waals surface area contributed by atoms with E-state index in [1.165, 1.54) is 21.3 Å². The van der Waals surface area contributed by atoms with Crippen LogP contribution in [0.5, 0.6) is 0 Å². The Morgan fingerprint density at radius 1 is 1.23 bits per heavy atom. The molecule has 0 aromatic heterocycles. The maximum Gasteiger partial charge on any atom is 0.337 e. The lowest BCUT2D eigenvalue weighted by Crippen LogP contribution is -2.34. The maximum absolute atomic E-state index is 11.9. The van der Waals surface area contributed by atoms with E-state index >= 15 is 0 Å². The number of rotatable bonds is 7. The first-order valence-electron chi connectivity index (χ1n) is 7.14. The van der Waals surface area contributed by atoms with Crippen LogP contribution in [0.3, 0.4) is 0 Å². The summed E-state index contributed by atoms with van der Waals surface area (Å²) in [5.41, 5.74) is 1.03. The number of methoxy groups -OCH3 is 3. The summed E-state index contributed by atoms with van der Waals surface area (Å²) in [5, 5.41) is 0. The molecule has 0 unspecified atom stereocenters. The van der Waals surface area contributed by atoms with Crippen LogP contribution in [0.25, 0.3) is 0 Å². The van der Waals surface area contributed by atoms with Gasteiger partial charge in [0.05, 0.1) is 19.8 Å². The van der Waals surface area contributed by atoms with Crippen LogP contribution >= 0.6 is 0 Å². The van der Waals surface area contributed by atoms with Gasteiger partial charge in [-0.05, 0) is 5.56 Å². The molecule has 1 aliphatic heterocycles. The van der Waals surface area contributed by atoms with Crippen LogP contribution in [-0.2, 0) is 35.1 Å². The van der Waals surface area contributed by atoms with Gasteiger partial charge in [-0.2, -0.15) is 0 Å². The van der Waals surface area contributed by atoms with E-state index in [9.17, 15) is 4.79 Å². The molecule has 6 nitrogen and oxygen atoms in total. The molecule has 3 atom stereocenters. The summed E-state index contributed by atoms with van der Waals surface area (Å²) < 4.78 is 26.8. The Bertz CT molecular complexity index is 459. The quantitative estimate of drug-likeness (QED) is 0.562. The summed E-state index contributed by atoms with van der Waals surface area (Å²) in [6.07, 6.45) is -1.59. The summed E-state index contributed by atoms with van der Waals surface area (Å²) in [7, 11) is 4.39. The molecule has 0 aliphatic carbocycles. The molecule has 0 N–H and O–H groups in total. The molecule has 0 saturated carbocycles. The second kappa shape index (κ2) is 8.24. The van der Waals surface area contributed by atoms with E-state index in [-0.39, 0.29) is 6.10 Å². The minimum atomic E-state index is -0.772. The highest BCUT2D eigenvalue weighted by Crippen LogP contribution is 2.28. The zero-order chi connectivity index (χ0) is 15.9. The Kier molecular flexibility index (Phi) is 6.33. The van der Waals surface area contributed by atoms with Crippen molar-refractivity contribution >= 4 is 5.97 Å². The Hall–Kier alpha value is -1.47. The minimum Gasteiger partial charge on any atom is -0.467 e. The summed E-state index contributed by atoms with van der Waals surface area (Å²) in [4.78, 5) is 11.9. The van der Waals surface area contributed by atoms with Gasteiger partial charge in [-0.3, -0.25) is 0 Å². The topological polar surface area (TPSA) is 63.2 Å². The average Bonchev–Trinajstić information content (AvgIpc) is 2.98. The van der Waals surface area contributed by atoms with Gasteiger partial charge in [-0.15, -0.1) is 0 Å². The predicted molar refractivity (Wildman–Crippen MR) is 78.1 cm³/mol. The van der Waals surface area contributed by atoms with Crippen molar-refractivity contribution in [2.75, 3.05) is 21.3 Å². The molecule has 1 aromatic rings. The lowest BCUT2D eigenvalue weighted by molar-refractivity contribution is -0.187. The van der Waals surface area contributed by atoms with Crippen molar-refractivity contribution in [1.29, 1.82) is 0 Å². The Morgan fingerprint density at radius 2 is 1.91 bits per heavy atom. The number of ether oxygens (including phenoxy) is 5. The molecule has 6 heteroatoms. The second-order valence-electron chi connectivity index (χ2n) is 5.03. The summed E-state index contributed by atoms with van der Waals surface area (Å²) >= 11 is 0. The van der Waals surface area contributed by atoms with Crippen LogP contribution in [0.2, 0.25) is 0 Å². The number of hydrogen-bond acceptors (Lipinski definition) is 6. The highest BCUT2D eigenvalue weighted by atomic mass is 16.7. The van der Waals surface area contributed by atoms with E-state index in [4.69, 9.17) is 23.7 Å². The molecule has 1 fully saturated rings. The third-order valence-corrected chi connectivity index (χ3v) is 3.63. The van der Waals surface area contributed by atoms with Gasteiger partial charge in [-0.25, -0.2) is 4.79 Å². The van der Waals surface area contributed by atoms with Crippen LogP contribution in [0.1, 0.15) is 12.0 Å². The van der Waals surface area contributed by atoms with Crippen LogP contribution in [0, 0.1) is 0 Å². The molecule has 0 bridgehead atoms. The first kappa shape index (κ1) is 16.9. The zero-order valence-corrected chi connectivity index (χ0v) is 13.1. The Morgan fingerprint density at radius 3 is 2.50 bits per heavy atom. The second-order valence-corrected chi connectivity index (χ2v) is 5.03. The van der Waals surface area contributed by atoms with Gasteiger partial charge in [0.25, 0.3) is 0 Å². The van der Waals surface area contributed by atoms with E-state index in [2.05, 4.69) is 0 Å². The number of esters is 1. The van der Waals surface area contributed by atoms with Crippen molar-refractivity contribution in [2.45, 2.75) is 37.6 Å². The van der Waals surface area contributed by atoms with Gasteiger partial charge in [0, 0.05) is 20.6 Å². The Balaban J connectivity index is 2.01. The number of carbonyl (C=O) groups excluding carboxylic acids is 1. The van der Waals surface area contributed by atoms with Crippen LogP contribution in [0.4, 0.5) is 0 Å². The van der Waals surface area contributed by atoms with Gasteiger partial charge in [-0.1, -0.05) is 30.3 Å². The molecule has 0 spiro atoms. The molecule has 0 amide bonds. The number of hydrogen-bond donors (Lipinski definition) is 0. The molecule has 22 heavy (non-hydrogen) atoms. The molecule has 1 saturated heterocycles. The first-order chi connectivity index (χ1) is 10.7. The highest BCUT2D eigenvalue weighted by Gasteiger charge is 2.44. The van der Waals surface area contributed by atoms with Gasteiger partial charge < -0.3 is 23.7 Å². The maximum atomic E-state index is 11.9. The third-order valence-electron chi connectivity index (χ3n) is 3.63. The molecule has 122 valence electrons. The molecule has 1 aromatic carbocycles. The molecular formula is C16H22O6.